The number of carbonyl (C=O) groups is 1. The molecule has 1 unspecified atom stereocenters. The molecular weight excluding hydrogens is 272 g/mol. The molecule has 2 N–H and O–H groups in total. The Kier molecular flexibility index (Phi) is 4.85. The normalized spacial score (nSPS) is 18.3. The summed E-state index contributed by atoms with van der Waals surface area (Å²) in [4.78, 5) is 22.3. The van der Waals surface area contributed by atoms with Gasteiger partial charge in [-0.2, -0.15) is 5.26 Å². The summed E-state index contributed by atoms with van der Waals surface area (Å²) in [6.07, 6.45) is 3.87. The molecule has 1 saturated heterocycles. The largest absolute Gasteiger partial charge is 0.324 e. The number of nitro groups is 1. The summed E-state index contributed by atoms with van der Waals surface area (Å²) in [5.74, 6) is -0.206. The standard InChI is InChI=1S/C14H16N4O3/c15-9-10-8-11(18(20)21)5-6-12(10)17-14(19)13-4-2-1-3-7-16-13/h5-6,8,13,16H,1-4,7H2,(H,17,19). The van der Waals surface area contributed by atoms with Crippen LogP contribution in [0.5, 0.6) is 0 Å². The number of nitriles is 1. The molecule has 1 aliphatic heterocycles. The Labute approximate surface area is 122 Å². The highest BCUT2D eigenvalue weighted by molar-refractivity contribution is 5.96. The Morgan fingerprint density at radius 3 is 2.95 bits per heavy atom. The Balaban J connectivity index is 2.13. The van der Waals surface area contributed by atoms with Crippen LogP contribution >= 0.6 is 0 Å². The number of nitrogens with zero attached hydrogens (tertiary/aromatic N) is 2. The van der Waals surface area contributed by atoms with Gasteiger partial charge in [0.05, 0.1) is 22.2 Å². The van der Waals surface area contributed by atoms with E-state index in [9.17, 15) is 14.9 Å². The van der Waals surface area contributed by atoms with Gasteiger partial charge in [-0.1, -0.05) is 12.8 Å². The van der Waals surface area contributed by atoms with Gasteiger partial charge in [-0.15, -0.1) is 0 Å². The number of carbonyl (C=O) groups excluding carboxylic acids is 1. The van der Waals surface area contributed by atoms with Crippen LogP contribution in [0.1, 0.15) is 31.2 Å². The van der Waals surface area contributed by atoms with Gasteiger partial charge in [0.15, 0.2) is 0 Å². The fourth-order valence-electron chi connectivity index (χ4n) is 2.32. The predicted octanol–water partition coefficient (Wildman–Crippen LogP) is 1.94. The second-order valence-electron chi connectivity index (χ2n) is 4.94. The molecule has 0 radical (unpaired) electrons. The lowest BCUT2D eigenvalue weighted by atomic mass is 10.1. The van der Waals surface area contributed by atoms with Gasteiger partial charge in [0, 0.05) is 12.1 Å². The van der Waals surface area contributed by atoms with Gasteiger partial charge < -0.3 is 10.6 Å². The third-order valence-corrected chi connectivity index (χ3v) is 3.47. The minimum Gasteiger partial charge on any atom is -0.324 e. The number of hydrogen-bond acceptors (Lipinski definition) is 5. The monoisotopic (exact) mass is 288 g/mol. The fourth-order valence-corrected chi connectivity index (χ4v) is 2.32. The highest BCUT2D eigenvalue weighted by atomic mass is 16.6. The highest BCUT2D eigenvalue weighted by Crippen LogP contribution is 2.22. The van der Waals surface area contributed by atoms with Gasteiger partial charge in [-0.05, 0) is 25.5 Å². The molecule has 1 atom stereocenters. The maximum absolute atomic E-state index is 12.2. The highest BCUT2D eigenvalue weighted by Gasteiger charge is 2.21. The second-order valence-corrected chi connectivity index (χ2v) is 4.94. The molecule has 0 bridgehead atoms. The molecule has 1 heterocycles. The maximum atomic E-state index is 12.2. The predicted molar refractivity (Wildman–Crippen MR) is 76.7 cm³/mol. The van der Waals surface area contributed by atoms with E-state index in [-0.39, 0.29) is 23.2 Å². The molecule has 1 amide bonds. The summed E-state index contributed by atoms with van der Waals surface area (Å²) in [6.45, 7) is 0.795. The maximum Gasteiger partial charge on any atom is 0.270 e. The van der Waals surface area contributed by atoms with Crippen LogP contribution in [-0.2, 0) is 4.79 Å². The molecule has 1 aliphatic rings. The first-order valence-corrected chi connectivity index (χ1v) is 6.84. The molecule has 1 aromatic rings. The molecule has 0 aliphatic carbocycles. The number of amides is 1. The average Bonchev–Trinajstić information content (AvgIpc) is 2.76. The summed E-state index contributed by atoms with van der Waals surface area (Å²) >= 11 is 0. The number of nitrogens with one attached hydrogen (secondary N) is 2. The first-order chi connectivity index (χ1) is 10.1. The van der Waals surface area contributed by atoms with Crippen LogP contribution < -0.4 is 10.6 Å². The van der Waals surface area contributed by atoms with Gasteiger partial charge in [0.25, 0.3) is 5.69 Å². The van der Waals surface area contributed by atoms with E-state index in [0.29, 0.717) is 5.69 Å². The van der Waals surface area contributed by atoms with Crippen LogP contribution in [0.25, 0.3) is 0 Å². The van der Waals surface area contributed by atoms with E-state index in [1.165, 1.54) is 12.1 Å². The van der Waals surface area contributed by atoms with E-state index >= 15 is 0 Å². The first-order valence-electron chi connectivity index (χ1n) is 6.84. The number of anilines is 1. The van der Waals surface area contributed by atoms with Crippen LogP contribution in [0.2, 0.25) is 0 Å². The van der Waals surface area contributed by atoms with Crippen molar-refractivity contribution >= 4 is 17.3 Å². The third-order valence-electron chi connectivity index (χ3n) is 3.47. The third kappa shape index (κ3) is 3.77. The molecule has 0 spiro atoms. The molecule has 21 heavy (non-hydrogen) atoms. The minimum absolute atomic E-state index is 0.0890. The molecule has 2 rings (SSSR count). The van der Waals surface area contributed by atoms with Crippen molar-refractivity contribution in [3.8, 4) is 6.07 Å². The van der Waals surface area contributed by atoms with E-state index in [0.717, 1.165) is 38.3 Å². The molecular formula is C14H16N4O3. The van der Waals surface area contributed by atoms with Crippen LogP contribution in [0.3, 0.4) is 0 Å². The molecule has 7 heteroatoms. The van der Waals surface area contributed by atoms with Crippen molar-refractivity contribution in [2.45, 2.75) is 31.7 Å². The summed E-state index contributed by atoms with van der Waals surface area (Å²) in [5.41, 5.74) is 0.224. The minimum atomic E-state index is -0.570. The van der Waals surface area contributed by atoms with E-state index in [2.05, 4.69) is 10.6 Å². The van der Waals surface area contributed by atoms with Gasteiger partial charge in [0.1, 0.15) is 6.07 Å². The molecule has 1 aromatic carbocycles. The molecule has 0 saturated carbocycles. The smallest absolute Gasteiger partial charge is 0.270 e. The van der Waals surface area contributed by atoms with E-state index in [1.807, 2.05) is 6.07 Å². The molecule has 110 valence electrons. The number of nitro benzene ring substituents is 1. The summed E-state index contributed by atoms with van der Waals surface area (Å²) in [5, 5.41) is 25.6. The Hall–Kier alpha value is -2.46. The van der Waals surface area contributed by atoms with Gasteiger partial charge in [0.2, 0.25) is 5.91 Å². The summed E-state index contributed by atoms with van der Waals surface area (Å²) < 4.78 is 0. The van der Waals surface area contributed by atoms with Crippen molar-refractivity contribution in [3.63, 3.8) is 0 Å². The number of hydrogen-bond donors (Lipinski definition) is 2. The average molecular weight is 288 g/mol. The van der Waals surface area contributed by atoms with Crippen LogP contribution in [0.4, 0.5) is 11.4 Å². The second kappa shape index (κ2) is 6.81. The Morgan fingerprint density at radius 1 is 1.43 bits per heavy atom. The van der Waals surface area contributed by atoms with Crippen molar-refractivity contribution in [3.05, 3.63) is 33.9 Å². The summed E-state index contributed by atoms with van der Waals surface area (Å²) in [6, 6.07) is 5.42. The fraction of sp³-hybridized carbons (Fsp3) is 0.429. The van der Waals surface area contributed by atoms with Crippen molar-refractivity contribution in [1.29, 1.82) is 5.26 Å². The van der Waals surface area contributed by atoms with Crippen LogP contribution in [0, 0.1) is 21.4 Å². The lowest BCUT2D eigenvalue weighted by Gasteiger charge is -2.16. The zero-order valence-electron chi connectivity index (χ0n) is 11.5. The first kappa shape index (κ1) is 14.9. The number of benzene rings is 1. The molecule has 1 fully saturated rings. The van der Waals surface area contributed by atoms with Crippen molar-refractivity contribution < 1.29 is 9.72 Å². The lowest BCUT2D eigenvalue weighted by Crippen LogP contribution is -2.40. The van der Waals surface area contributed by atoms with Gasteiger partial charge in [-0.25, -0.2) is 0 Å². The van der Waals surface area contributed by atoms with E-state index < -0.39 is 4.92 Å². The Bertz CT molecular complexity index is 586. The Morgan fingerprint density at radius 2 is 2.24 bits per heavy atom. The number of non-ortho nitro benzene ring substituents is 1. The lowest BCUT2D eigenvalue weighted by molar-refractivity contribution is -0.384. The van der Waals surface area contributed by atoms with Gasteiger partial charge in [-0.3, -0.25) is 14.9 Å². The quantitative estimate of drug-likeness (QED) is 0.652. The van der Waals surface area contributed by atoms with Crippen LogP contribution in [-0.4, -0.2) is 23.4 Å². The topological polar surface area (TPSA) is 108 Å². The SMILES string of the molecule is N#Cc1cc([N+](=O)[O-])ccc1NC(=O)C1CCCCCN1. The molecule has 7 nitrogen and oxygen atoms in total. The summed E-state index contributed by atoms with van der Waals surface area (Å²) in [7, 11) is 0. The van der Waals surface area contributed by atoms with Crippen molar-refractivity contribution in [2.24, 2.45) is 0 Å². The molecule has 0 aromatic heterocycles. The van der Waals surface area contributed by atoms with Crippen molar-refractivity contribution in [1.82, 2.24) is 5.32 Å². The van der Waals surface area contributed by atoms with E-state index in [4.69, 9.17) is 5.26 Å². The number of rotatable bonds is 3. The zero-order chi connectivity index (χ0) is 15.2. The van der Waals surface area contributed by atoms with Crippen molar-refractivity contribution in [2.75, 3.05) is 11.9 Å². The van der Waals surface area contributed by atoms with Crippen LogP contribution in [0.15, 0.2) is 18.2 Å². The zero-order valence-corrected chi connectivity index (χ0v) is 11.5. The van der Waals surface area contributed by atoms with E-state index in [1.54, 1.807) is 0 Å². The van der Waals surface area contributed by atoms with Gasteiger partial charge >= 0.3 is 0 Å².